The fraction of sp³-hybridized carbons (Fsp3) is 0.286. The molecule has 1 fully saturated rings. The third kappa shape index (κ3) is 4.81. The van der Waals surface area contributed by atoms with Crippen molar-refractivity contribution in [2.75, 3.05) is 38.2 Å². The molecule has 158 valence electrons. The van der Waals surface area contributed by atoms with Gasteiger partial charge >= 0.3 is 0 Å². The number of primary sulfonamides is 1. The number of rotatable bonds is 6. The van der Waals surface area contributed by atoms with Crippen LogP contribution in [0.2, 0.25) is 0 Å². The summed E-state index contributed by atoms with van der Waals surface area (Å²) >= 11 is 1.66. The van der Waals surface area contributed by atoms with Crippen LogP contribution < -0.4 is 14.8 Å². The number of benzene rings is 2. The molecular formula is C21H24N4O3S2. The number of anilines is 1. The number of nitrogens with zero attached hydrogens (tertiary/aromatic N) is 3. The number of methoxy groups -OCH3 is 1. The molecule has 0 aliphatic carbocycles. The Morgan fingerprint density at radius 1 is 1.03 bits per heavy atom. The SMILES string of the molecule is COc1ccc(-c2nc(CN3CCN(c4ccc(S(N)(=O)=O)cc4)CC3)cs2)cc1. The molecule has 1 aliphatic rings. The second-order valence-corrected chi connectivity index (χ2v) is 9.59. The molecule has 0 unspecified atom stereocenters. The summed E-state index contributed by atoms with van der Waals surface area (Å²) < 4.78 is 28.0. The lowest BCUT2D eigenvalue weighted by Crippen LogP contribution is -2.46. The van der Waals surface area contributed by atoms with Crippen molar-refractivity contribution >= 4 is 27.0 Å². The molecule has 0 atom stereocenters. The van der Waals surface area contributed by atoms with E-state index in [1.165, 1.54) is 0 Å². The zero-order valence-electron chi connectivity index (χ0n) is 16.7. The summed E-state index contributed by atoms with van der Waals surface area (Å²) in [7, 11) is -1.99. The van der Waals surface area contributed by atoms with Gasteiger partial charge in [0.2, 0.25) is 10.0 Å². The topological polar surface area (TPSA) is 88.8 Å². The molecule has 9 heteroatoms. The summed E-state index contributed by atoms with van der Waals surface area (Å²) in [5.41, 5.74) is 3.19. The van der Waals surface area contributed by atoms with Gasteiger partial charge in [0.15, 0.2) is 0 Å². The van der Waals surface area contributed by atoms with Gasteiger partial charge in [-0.15, -0.1) is 11.3 Å². The van der Waals surface area contributed by atoms with Crippen LogP contribution in [0.1, 0.15) is 5.69 Å². The number of thiazole rings is 1. The summed E-state index contributed by atoms with van der Waals surface area (Å²) in [5, 5.41) is 8.31. The van der Waals surface area contributed by atoms with E-state index in [4.69, 9.17) is 14.9 Å². The van der Waals surface area contributed by atoms with Crippen molar-refractivity contribution in [3.05, 3.63) is 59.6 Å². The van der Waals surface area contributed by atoms with Crippen molar-refractivity contribution in [3.63, 3.8) is 0 Å². The van der Waals surface area contributed by atoms with Crippen LogP contribution in [0.15, 0.2) is 58.8 Å². The lowest BCUT2D eigenvalue weighted by Gasteiger charge is -2.35. The maximum absolute atomic E-state index is 11.4. The number of ether oxygens (including phenoxy) is 1. The van der Waals surface area contributed by atoms with E-state index in [2.05, 4.69) is 15.2 Å². The summed E-state index contributed by atoms with van der Waals surface area (Å²) in [6, 6.07) is 14.7. The Hall–Kier alpha value is -2.46. The van der Waals surface area contributed by atoms with E-state index < -0.39 is 10.0 Å². The normalized spacial score (nSPS) is 15.3. The van der Waals surface area contributed by atoms with Gasteiger partial charge in [-0.1, -0.05) is 0 Å². The van der Waals surface area contributed by atoms with E-state index in [-0.39, 0.29) is 4.90 Å². The minimum absolute atomic E-state index is 0.140. The van der Waals surface area contributed by atoms with Crippen molar-refractivity contribution in [2.45, 2.75) is 11.4 Å². The van der Waals surface area contributed by atoms with E-state index >= 15 is 0 Å². The molecule has 4 rings (SSSR count). The van der Waals surface area contributed by atoms with Crippen LogP contribution in [0.4, 0.5) is 5.69 Å². The molecule has 0 amide bonds. The molecule has 30 heavy (non-hydrogen) atoms. The third-order valence-corrected chi connectivity index (χ3v) is 7.05. The van der Waals surface area contributed by atoms with E-state index in [0.717, 1.165) is 60.4 Å². The average molecular weight is 445 g/mol. The lowest BCUT2D eigenvalue weighted by molar-refractivity contribution is 0.247. The number of hydrogen-bond acceptors (Lipinski definition) is 7. The highest BCUT2D eigenvalue weighted by Gasteiger charge is 2.19. The van der Waals surface area contributed by atoms with E-state index in [1.54, 1.807) is 30.6 Å². The Labute approximate surface area is 180 Å². The molecule has 2 N–H and O–H groups in total. The number of sulfonamides is 1. The van der Waals surface area contributed by atoms with Gasteiger partial charge in [0.1, 0.15) is 10.8 Å². The average Bonchev–Trinajstić information content (AvgIpc) is 3.22. The molecule has 1 aromatic heterocycles. The molecule has 2 aromatic carbocycles. The van der Waals surface area contributed by atoms with Gasteiger partial charge in [0.05, 0.1) is 17.7 Å². The van der Waals surface area contributed by atoms with Gasteiger partial charge in [-0.25, -0.2) is 18.5 Å². The van der Waals surface area contributed by atoms with Gasteiger partial charge in [-0.05, 0) is 48.5 Å². The van der Waals surface area contributed by atoms with Gasteiger partial charge in [0, 0.05) is 49.4 Å². The minimum atomic E-state index is -3.65. The monoisotopic (exact) mass is 444 g/mol. The summed E-state index contributed by atoms with van der Waals surface area (Å²) in [4.78, 5) is 9.58. The Morgan fingerprint density at radius 2 is 1.70 bits per heavy atom. The largest absolute Gasteiger partial charge is 0.497 e. The predicted molar refractivity (Wildman–Crippen MR) is 119 cm³/mol. The van der Waals surface area contributed by atoms with Crippen LogP contribution in [-0.2, 0) is 16.6 Å². The number of hydrogen-bond donors (Lipinski definition) is 1. The molecule has 7 nitrogen and oxygen atoms in total. The Kier molecular flexibility index (Phi) is 6.05. The van der Waals surface area contributed by atoms with Crippen molar-refractivity contribution < 1.29 is 13.2 Å². The Bertz CT molecular complexity index is 1090. The highest BCUT2D eigenvalue weighted by molar-refractivity contribution is 7.89. The second-order valence-electron chi connectivity index (χ2n) is 7.17. The maximum Gasteiger partial charge on any atom is 0.238 e. The van der Waals surface area contributed by atoms with Crippen LogP contribution >= 0.6 is 11.3 Å². The number of piperazine rings is 1. The molecule has 1 saturated heterocycles. The molecule has 0 saturated carbocycles. The van der Waals surface area contributed by atoms with Crippen molar-refractivity contribution in [1.82, 2.24) is 9.88 Å². The standard InChI is InChI=1S/C21H24N4O3S2/c1-28-19-6-2-16(3-7-19)21-23-17(15-29-21)14-24-10-12-25(13-11-24)18-4-8-20(9-5-18)30(22,26)27/h2-9,15H,10-14H2,1H3,(H2,22,26,27). The number of aromatic nitrogens is 1. The minimum Gasteiger partial charge on any atom is -0.497 e. The smallest absolute Gasteiger partial charge is 0.238 e. The molecule has 2 heterocycles. The number of nitrogens with two attached hydrogens (primary N) is 1. The maximum atomic E-state index is 11.4. The van der Waals surface area contributed by atoms with Crippen LogP contribution in [0.5, 0.6) is 5.75 Å². The predicted octanol–water partition coefficient (Wildman–Crippen LogP) is 2.79. The third-order valence-electron chi connectivity index (χ3n) is 5.18. The van der Waals surface area contributed by atoms with Crippen molar-refractivity contribution in [1.29, 1.82) is 0 Å². The van der Waals surface area contributed by atoms with Gasteiger partial charge in [0.25, 0.3) is 0 Å². The fourth-order valence-electron chi connectivity index (χ4n) is 3.49. The fourth-order valence-corrected chi connectivity index (χ4v) is 4.82. The molecule has 0 bridgehead atoms. The van der Waals surface area contributed by atoms with Crippen LogP contribution in [0, 0.1) is 0 Å². The van der Waals surface area contributed by atoms with Crippen molar-refractivity contribution in [3.8, 4) is 16.3 Å². The van der Waals surface area contributed by atoms with Crippen LogP contribution in [0.25, 0.3) is 10.6 Å². The van der Waals surface area contributed by atoms with Crippen molar-refractivity contribution in [2.24, 2.45) is 5.14 Å². The summed E-state index contributed by atoms with van der Waals surface area (Å²) in [6.07, 6.45) is 0. The Morgan fingerprint density at radius 3 is 2.30 bits per heavy atom. The molecule has 1 aliphatic heterocycles. The van der Waals surface area contributed by atoms with Crippen LogP contribution in [-0.4, -0.2) is 51.6 Å². The zero-order chi connectivity index (χ0) is 21.1. The first-order valence-electron chi connectivity index (χ1n) is 9.61. The molecule has 0 spiro atoms. The zero-order valence-corrected chi connectivity index (χ0v) is 18.3. The first-order chi connectivity index (χ1) is 14.4. The first-order valence-corrected chi connectivity index (χ1v) is 12.0. The lowest BCUT2D eigenvalue weighted by atomic mass is 10.2. The second kappa shape index (κ2) is 8.73. The molecule has 3 aromatic rings. The summed E-state index contributed by atoms with van der Waals surface area (Å²) in [6.45, 7) is 4.43. The summed E-state index contributed by atoms with van der Waals surface area (Å²) in [5.74, 6) is 0.840. The first kappa shape index (κ1) is 20.8. The van der Waals surface area contributed by atoms with Gasteiger partial charge < -0.3 is 9.64 Å². The van der Waals surface area contributed by atoms with Crippen LogP contribution in [0.3, 0.4) is 0 Å². The molecule has 0 radical (unpaired) electrons. The van der Waals surface area contributed by atoms with E-state index in [1.807, 2.05) is 36.4 Å². The quantitative estimate of drug-likeness (QED) is 0.629. The van der Waals surface area contributed by atoms with Gasteiger partial charge in [-0.3, -0.25) is 4.90 Å². The van der Waals surface area contributed by atoms with E-state index in [9.17, 15) is 8.42 Å². The Balaban J connectivity index is 1.33. The molecular weight excluding hydrogens is 420 g/mol. The highest BCUT2D eigenvalue weighted by atomic mass is 32.2. The highest BCUT2D eigenvalue weighted by Crippen LogP contribution is 2.26. The van der Waals surface area contributed by atoms with Gasteiger partial charge in [-0.2, -0.15) is 0 Å². The van der Waals surface area contributed by atoms with E-state index in [0.29, 0.717) is 0 Å².